The molecule has 11 nitrogen and oxygen atoms in total. The van der Waals surface area contributed by atoms with Gasteiger partial charge in [-0.2, -0.15) is 0 Å². The fourth-order valence-electron chi connectivity index (χ4n) is 8.10. The maximum Gasteiger partial charge on any atom is 0.472 e. The van der Waals surface area contributed by atoms with E-state index in [0.717, 1.165) is 122 Å². The number of rotatable bonds is 56. The van der Waals surface area contributed by atoms with Crippen molar-refractivity contribution in [1.29, 1.82) is 0 Å². The van der Waals surface area contributed by atoms with Gasteiger partial charge >= 0.3 is 25.7 Å². The summed E-state index contributed by atoms with van der Waals surface area (Å²) in [6, 6.07) is 0. The molecule has 2 N–H and O–H groups in total. The first-order valence-electron chi connectivity index (χ1n) is 30.8. The SMILES string of the molecule is CC/C=C\C/C=C\C/C=C\C/C=C\C/C=C\C/C=C\CCC(=O)OCC(COP(=O)(O)OCC(CO)OC(=O)CCCCCCCCCCCCCCCCC)OC(=O)CCCCCCCCC/C=C\C/C=C\C/C=C\CC. The summed E-state index contributed by atoms with van der Waals surface area (Å²) in [6.45, 7) is 4.34. The molecule has 3 atom stereocenters. The Morgan fingerprint density at radius 2 is 0.692 bits per heavy atom. The molecule has 446 valence electrons. The number of hydrogen-bond acceptors (Lipinski definition) is 10. The van der Waals surface area contributed by atoms with Crippen LogP contribution < -0.4 is 0 Å². The Hall–Kier alpha value is -3.86. The molecular weight excluding hydrogens is 1000 g/mol. The molecule has 0 radical (unpaired) electrons. The van der Waals surface area contributed by atoms with Crippen LogP contribution in [0.1, 0.15) is 252 Å². The van der Waals surface area contributed by atoms with Crippen LogP contribution in [-0.2, 0) is 42.2 Å². The Labute approximate surface area is 475 Å². The third kappa shape index (κ3) is 56.8. The first-order valence-corrected chi connectivity index (χ1v) is 32.3. The van der Waals surface area contributed by atoms with Crippen molar-refractivity contribution in [3.05, 3.63) is 109 Å². The van der Waals surface area contributed by atoms with Crippen LogP contribution in [-0.4, -0.2) is 66.5 Å². The molecule has 3 unspecified atom stereocenters. The highest BCUT2D eigenvalue weighted by molar-refractivity contribution is 7.47. The van der Waals surface area contributed by atoms with Gasteiger partial charge in [-0.25, -0.2) is 4.57 Å². The molecule has 0 heterocycles. The van der Waals surface area contributed by atoms with Crippen LogP contribution >= 0.6 is 7.82 Å². The molecule has 0 spiro atoms. The topological polar surface area (TPSA) is 155 Å². The Bertz CT molecular complexity index is 1720. The monoisotopic (exact) mass is 1110 g/mol. The second kappa shape index (κ2) is 59.3. The molecular formula is C66H111O11P. The van der Waals surface area contributed by atoms with Crippen LogP contribution in [0.3, 0.4) is 0 Å². The van der Waals surface area contributed by atoms with Crippen molar-refractivity contribution in [2.45, 2.75) is 264 Å². The summed E-state index contributed by atoms with van der Waals surface area (Å²) in [5, 5.41) is 9.84. The summed E-state index contributed by atoms with van der Waals surface area (Å²) in [7, 11) is -4.77. The van der Waals surface area contributed by atoms with Crippen molar-refractivity contribution < 1.29 is 52.2 Å². The minimum Gasteiger partial charge on any atom is -0.462 e. The van der Waals surface area contributed by atoms with Crippen LogP contribution in [0.25, 0.3) is 0 Å². The number of hydrogen-bond donors (Lipinski definition) is 2. The summed E-state index contributed by atoms with van der Waals surface area (Å²) in [4.78, 5) is 48.6. The molecule has 0 aliphatic carbocycles. The first kappa shape index (κ1) is 74.1. The van der Waals surface area contributed by atoms with E-state index in [1.54, 1.807) is 0 Å². The van der Waals surface area contributed by atoms with E-state index in [2.05, 4.69) is 118 Å². The standard InChI is InChI=1S/C66H111O11P/c1-4-7-10-13-16-19-22-25-28-30-31-33-35-37-40-43-46-49-52-55-64(68)73-59-63(77-66(70)57-54-51-48-45-42-39-36-32-29-26-23-20-17-14-11-8-5-2)61-75-78(71,72)74-60-62(58-67)76-65(69)56-53-50-47-44-41-38-34-27-24-21-18-15-12-9-6-3/h7-8,10-11,16-17,19-20,25-26,28-29,31,33,37,40,46,49,62-63,67H,4-6,9,12-15,18,21-24,27,30,32,34-36,38-39,41-45,47-48,50-61H2,1-3H3,(H,71,72)/b10-7-,11-8-,19-16-,20-17-,28-25-,29-26-,33-31-,40-37-,49-46-. The zero-order valence-electron chi connectivity index (χ0n) is 49.3. The number of unbranched alkanes of at least 4 members (excludes halogenated alkanes) is 21. The normalized spacial score (nSPS) is 14.1. The summed E-state index contributed by atoms with van der Waals surface area (Å²) >= 11 is 0. The predicted octanol–water partition coefficient (Wildman–Crippen LogP) is 18.6. The zero-order valence-corrected chi connectivity index (χ0v) is 50.2. The van der Waals surface area contributed by atoms with E-state index in [-0.39, 0.29) is 25.9 Å². The number of carbonyl (C=O) groups excluding carboxylic acids is 3. The van der Waals surface area contributed by atoms with Crippen LogP contribution in [0.4, 0.5) is 0 Å². The Kier molecular flexibility index (Phi) is 56.3. The van der Waals surface area contributed by atoms with E-state index in [0.29, 0.717) is 19.3 Å². The molecule has 0 fully saturated rings. The average molecular weight is 1110 g/mol. The summed E-state index contributed by atoms with van der Waals surface area (Å²) in [5.41, 5.74) is 0. The van der Waals surface area contributed by atoms with Gasteiger partial charge in [-0.3, -0.25) is 23.4 Å². The van der Waals surface area contributed by atoms with Crippen molar-refractivity contribution in [3.8, 4) is 0 Å². The van der Waals surface area contributed by atoms with E-state index < -0.39 is 57.8 Å². The second-order valence-electron chi connectivity index (χ2n) is 20.1. The summed E-state index contributed by atoms with van der Waals surface area (Å²) in [6.07, 6.45) is 72.0. The molecule has 0 aromatic heterocycles. The molecule has 0 aliphatic heterocycles. The van der Waals surface area contributed by atoms with Crippen molar-refractivity contribution in [1.82, 2.24) is 0 Å². The largest absolute Gasteiger partial charge is 0.472 e. The number of aliphatic hydroxyl groups excluding tert-OH is 1. The van der Waals surface area contributed by atoms with Gasteiger partial charge in [-0.05, 0) is 89.9 Å². The quantitative estimate of drug-likeness (QED) is 0.0197. The van der Waals surface area contributed by atoms with Crippen molar-refractivity contribution in [2.75, 3.05) is 26.4 Å². The summed E-state index contributed by atoms with van der Waals surface area (Å²) in [5.74, 6) is -1.58. The minimum absolute atomic E-state index is 0.0950. The molecule has 0 saturated heterocycles. The number of ether oxygens (including phenoxy) is 3. The average Bonchev–Trinajstić information content (AvgIpc) is 3.43. The van der Waals surface area contributed by atoms with E-state index in [1.807, 2.05) is 12.2 Å². The number of esters is 3. The van der Waals surface area contributed by atoms with Crippen molar-refractivity contribution in [2.24, 2.45) is 0 Å². The molecule has 0 aromatic carbocycles. The molecule has 0 aliphatic rings. The van der Waals surface area contributed by atoms with E-state index in [4.69, 9.17) is 23.3 Å². The zero-order chi connectivity index (χ0) is 56.9. The fourth-order valence-corrected chi connectivity index (χ4v) is 8.89. The number of carbonyl (C=O) groups is 3. The van der Waals surface area contributed by atoms with Crippen LogP contribution in [0.15, 0.2) is 109 Å². The van der Waals surface area contributed by atoms with Crippen molar-refractivity contribution in [3.63, 3.8) is 0 Å². The van der Waals surface area contributed by atoms with Gasteiger partial charge < -0.3 is 24.2 Å². The lowest BCUT2D eigenvalue weighted by Gasteiger charge is -2.21. The first-order chi connectivity index (χ1) is 38.2. The minimum atomic E-state index is -4.77. The third-order valence-corrected chi connectivity index (χ3v) is 13.7. The van der Waals surface area contributed by atoms with Gasteiger partial charge in [0, 0.05) is 19.3 Å². The van der Waals surface area contributed by atoms with E-state index >= 15 is 0 Å². The smallest absolute Gasteiger partial charge is 0.462 e. The highest BCUT2D eigenvalue weighted by Gasteiger charge is 2.28. The maximum absolute atomic E-state index is 12.9. The van der Waals surface area contributed by atoms with E-state index in [1.165, 1.54) is 70.6 Å². The van der Waals surface area contributed by atoms with Gasteiger partial charge in [0.1, 0.15) is 12.7 Å². The molecule has 78 heavy (non-hydrogen) atoms. The van der Waals surface area contributed by atoms with Crippen molar-refractivity contribution >= 4 is 25.7 Å². The highest BCUT2D eigenvalue weighted by atomic mass is 31.2. The van der Waals surface area contributed by atoms with Crippen LogP contribution in [0, 0.1) is 0 Å². The molecule has 0 amide bonds. The second-order valence-corrected chi connectivity index (χ2v) is 21.6. The molecule has 0 saturated carbocycles. The van der Waals surface area contributed by atoms with Gasteiger partial charge in [0.2, 0.25) is 0 Å². The van der Waals surface area contributed by atoms with Gasteiger partial charge in [-0.1, -0.05) is 252 Å². The highest BCUT2D eigenvalue weighted by Crippen LogP contribution is 2.43. The molecule has 12 heteroatoms. The van der Waals surface area contributed by atoms with Crippen LogP contribution in [0.2, 0.25) is 0 Å². The number of aliphatic hydroxyl groups is 1. The lowest BCUT2D eigenvalue weighted by Crippen LogP contribution is -2.30. The molecule has 0 rings (SSSR count). The van der Waals surface area contributed by atoms with Crippen LogP contribution in [0.5, 0.6) is 0 Å². The van der Waals surface area contributed by atoms with Gasteiger partial charge in [0.15, 0.2) is 6.10 Å². The Balaban J connectivity index is 4.83. The number of allylic oxidation sites excluding steroid dienone is 18. The Morgan fingerprint density at radius 3 is 1.08 bits per heavy atom. The summed E-state index contributed by atoms with van der Waals surface area (Å²) < 4.78 is 39.5. The van der Waals surface area contributed by atoms with Gasteiger partial charge in [-0.15, -0.1) is 0 Å². The molecule has 0 aromatic rings. The maximum atomic E-state index is 12.9. The molecule has 0 bridgehead atoms. The van der Waals surface area contributed by atoms with Gasteiger partial charge in [0.25, 0.3) is 0 Å². The lowest BCUT2D eigenvalue weighted by atomic mass is 10.0. The predicted molar refractivity (Wildman–Crippen MR) is 325 cm³/mol. The lowest BCUT2D eigenvalue weighted by molar-refractivity contribution is -0.161. The number of phosphoric ester groups is 1. The van der Waals surface area contributed by atoms with E-state index in [9.17, 15) is 28.9 Å². The third-order valence-electron chi connectivity index (χ3n) is 12.7. The Morgan fingerprint density at radius 1 is 0.372 bits per heavy atom. The fraction of sp³-hybridized carbons (Fsp3) is 0.682. The number of phosphoric acid groups is 1. The van der Waals surface area contributed by atoms with Gasteiger partial charge in [0.05, 0.1) is 19.8 Å².